The second kappa shape index (κ2) is 8.92. The molecular formula is C20H25F4NO3. The van der Waals surface area contributed by atoms with E-state index in [1.165, 1.54) is 0 Å². The van der Waals surface area contributed by atoms with Gasteiger partial charge < -0.3 is 9.64 Å². The fourth-order valence-electron chi connectivity index (χ4n) is 3.34. The van der Waals surface area contributed by atoms with Crippen LogP contribution in [-0.2, 0) is 9.59 Å². The summed E-state index contributed by atoms with van der Waals surface area (Å²) in [6, 6.07) is 0.0313. The lowest BCUT2D eigenvalue weighted by molar-refractivity contribution is -0.135. The Hall–Kier alpha value is -2.12. The fraction of sp³-hybridized carbons (Fsp3) is 0.600. The Morgan fingerprint density at radius 2 is 1.57 bits per heavy atom. The lowest BCUT2D eigenvalue weighted by Crippen LogP contribution is -2.41. The zero-order valence-corrected chi connectivity index (χ0v) is 16.3. The van der Waals surface area contributed by atoms with Crippen LogP contribution in [0.15, 0.2) is 6.07 Å². The summed E-state index contributed by atoms with van der Waals surface area (Å²) in [4.78, 5) is 25.7. The monoisotopic (exact) mass is 403 g/mol. The van der Waals surface area contributed by atoms with Gasteiger partial charge in [-0.3, -0.25) is 9.59 Å². The van der Waals surface area contributed by atoms with Crippen molar-refractivity contribution in [2.24, 2.45) is 11.3 Å². The van der Waals surface area contributed by atoms with E-state index in [4.69, 9.17) is 0 Å². The van der Waals surface area contributed by atoms with Crippen LogP contribution in [0.25, 0.3) is 0 Å². The van der Waals surface area contributed by atoms with Crippen molar-refractivity contribution in [2.45, 2.75) is 52.9 Å². The molecule has 4 nitrogen and oxygen atoms in total. The van der Waals surface area contributed by atoms with E-state index in [1.807, 2.05) is 0 Å². The van der Waals surface area contributed by atoms with Crippen molar-refractivity contribution >= 4 is 11.9 Å². The van der Waals surface area contributed by atoms with E-state index in [-0.39, 0.29) is 36.7 Å². The number of halogens is 4. The first-order valence-corrected chi connectivity index (χ1v) is 9.32. The van der Waals surface area contributed by atoms with Crippen molar-refractivity contribution in [1.82, 2.24) is 4.90 Å². The van der Waals surface area contributed by atoms with Crippen molar-refractivity contribution in [3.8, 4) is 5.75 Å². The summed E-state index contributed by atoms with van der Waals surface area (Å²) in [5.74, 6) is -8.89. The molecule has 0 spiro atoms. The van der Waals surface area contributed by atoms with Crippen LogP contribution in [0.4, 0.5) is 17.6 Å². The van der Waals surface area contributed by atoms with Crippen molar-refractivity contribution in [3.63, 3.8) is 0 Å². The smallest absolute Gasteiger partial charge is 0.311 e. The third-order valence-corrected chi connectivity index (χ3v) is 5.13. The number of nitrogens with zero attached hydrogens (tertiary/aromatic N) is 1. The first-order chi connectivity index (χ1) is 13.0. The van der Waals surface area contributed by atoms with Crippen molar-refractivity contribution in [2.75, 3.05) is 13.1 Å². The Morgan fingerprint density at radius 3 is 2.07 bits per heavy atom. The number of benzene rings is 1. The Balaban J connectivity index is 1.80. The molecule has 1 heterocycles. The number of hydrogen-bond donors (Lipinski definition) is 0. The van der Waals surface area contributed by atoms with Gasteiger partial charge >= 0.3 is 5.97 Å². The molecule has 0 N–H and O–H groups in total. The molecule has 1 aromatic rings. The van der Waals surface area contributed by atoms with Gasteiger partial charge in [-0.1, -0.05) is 20.8 Å². The van der Waals surface area contributed by atoms with Gasteiger partial charge in [0.25, 0.3) is 0 Å². The van der Waals surface area contributed by atoms with E-state index < -0.39 is 35.0 Å². The van der Waals surface area contributed by atoms with Gasteiger partial charge in [-0.25, -0.2) is 8.78 Å². The van der Waals surface area contributed by atoms with Crippen LogP contribution in [0.2, 0.25) is 0 Å². The van der Waals surface area contributed by atoms with Crippen LogP contribution in [0.1, 0.15) is 52.9 Å². The number of amides is 1. The molecule has 28 heavy (non-hydrogen) atoms. The molecule has 1 aliphatic rings. The van der Waals surface area contributed by atoms with Gasteiger partial charge in [-0.2, -0.15) is 8.78 Å². The second-order valence-corrected chi connectivity index (χ2v) is 8.15. The molecule has 0 radical (unpaired) electrons. The largest absolute Gasteiger partial charge is 0.420 e. The lowest BCUT2D eigenvalue weighted by Gasteiger charge is -2.38. The fourth-order valence-corrected chi connectivity index (χ4v) is 3.34. The molecule has 1 fully saturated rings. The molecule has 1 amide bonds. The summed E-state index contributed by atoms with van der Waals surface area (Å²) >= 11 is 0. The molecule has 1 aromatic carbocycles. The topological polar surface area (TPSA) is 46.6 Å². The lowest BCUT2D eigenvalue weighted by atomic mass is 9.75. The maximum atomic E-state index is 13.5. The van der Waals surface area contributed by atoms with Crippen molar-refractivity contribution in [3.05, 3.63) is 29.3 Å². The zero-order valence-electron chi connectivity index (χ0n) is 16.3. The quantitative estimate of drug-likeness (QED) is 0.312. The molecule has 0 aromatic heterocycles. The highest BCUT2D eigenvalue weighted by Crippen LogP contribution is 2.34. The number of hydrogen-bond acceptors (Lipinski definition) is 3. The molecular weight excluding hydrogens is 378 g/mol. The van der Waals surface area contributed by atoms with E-state index in [2.05, 4.69) is 25.5 Å². The zero-order chi connectivity index (χ0) is 21.1. The van der Waals surface area contributed by atoms with E-state index in [9.17, 15) is 27.2 Å². The molecule has 1 aliphatic heterocycles. The number of likely N-dealkylation sites (tertiary alicyclic amines) is 1. The predicted octanol–water partition coefficient (Wildman–Crippen LogP) is 4.60. The minimum absolute atomic E-state index is 0.0313. The number of piperidine rings is 1. The maximum absolute atomic E-state index is 13.5. The maximum Gasteiger partial charge on any atom is 0.311 e. The molecule has 0 saturated carbocycles. The van der Waals surface area contributed by atoms with Crippen molar-refractivity contribution in [1.29, 1.82) is 0 Å². The molecule has 0 atom stereocenters. The minimum Gasteiger partial charge on any atom is -0.420 e. The minimum atomic E-state index is -1.77. The highest BCUT2D eigenvalue weighted by atomic mass is 19.2. The van der Waals surface area contributed by atoms with Gasteiger partial charge in [0.15, 0.2) is 11.6 Å². The van der Waals surface area contributed by atoms with E-state index in [0.717, 1.165) is 12.8 Å². The van der Waals surface area contributed by atoms with Gasteiger partial charge in [0.1, 0.15) is 0 Å². The number of ether oxygens (including phenoxy) is 1. The summed E-state index contributed by atoms with van der Waals surface area (Å²) in [5.41, 5.74) is 0.194. The molecule has 0 unspecified atom stereocenters. The molecule has 0 bridgehead atoms. The normalized spacial score (nSPS) is 15.6. The van der Waals surface area contributed by atoms with E-state index in [0.29, 0.717) is 19.0 Å². The summed E-state index contributed by atoms with van der Waals surface area (Å²) in [7, 11) is 0. The Labute approximate surface area is 161 Å². The highest BCUT2D eigenvalue weighted by Gasteiger charge is 2.30. The average Bonchev–Trinajstić information content (AvgIpc) is 2.63. The average molecular weight is 403 g/mol. The summed E-state index contributed by atoms with van der Waals surface area (Å²) in [5, 5.41) is 0. The van der Waals surface area contributed by atoms with Crippen LogP contribution in [0.3, 0.4) is 0 Å². The van der Waals surface area contributed by atoms with Crippen molar-refractivity contribution < 1.29 is 31.9 Å². The van der Waals surface area contributed by atoms with Gasteiger partial charge in [0.05, 0.1) is 0 Å². The summed E-state index contributed by atoms with van der Waals surface area (Å²) < 4.78 is 57.6. The predicted molar refractivity (Wildman–Crippen MR) is 94.5 cm³/mol. The standard InChI is InChI=1S/C20H25F4NO3/c1-20(2,3)12-7-9-25(10-8-12)15(26)5-4-6-16(27)28-19-17(23)13(21)11-14(22)18(19)24/h11-12H,4-10H2,1-3H3. The van der Waals surface area contributed by atoms with Gasteiger partial charge in [-0.15, -0.1) is 0 Å². The highest BCUT2D eigenvalue weighted by molar-refractivity contribution is 5.77. The van der Waals surface area contributed by atoms with Gasteiger partial charge in [-0.05, 0) is 30.6 Å². The van der Waals surface area contributed by atoms with Gasteiger partial charge in [0, 0.05) is 32.0 Å². The SMILES string of the molecule is CC(C)(C)C1CCN(C(=O)CCCC(=O)Oc2c(F)c(F)cc(F)c2F)CC1. The Bertz CT molecular complexity index is 712. The third-order valence-electron chi connectivity index (χ3n) is 5.13. The molecule has 1 saturated heterocycles. The number of carbonyl (C=O) groups is 2. The Morgan fingerprint density at radius 1 is 1.04 bits per heavy atom. The first-order valence-electron chi connectivity index (χ1n) is 9.32. The molecule has 0 aliphatic carbocycles. The van der Waals surface area contributed by atoms with E-state index in [1.54, 1.807) is 4.90 Å². The number of rotatable bonds is 5. The first kappa shape index (κ1) is 22.2. The van der Waals surface area contributed by atoms with Crippen LogP contribution in [0, 0.1) is 34.6 Å². The van der Waals surface area contributed by atoms with E-state index >= 15 is 0 Å². The third kappa shape index (κ3) is 5.45. The Kier molecular flexibility index (Phi) is 7.06. The molecule has 2 rings (SSSR count). The molecule has 8 heteroatoms. The summed E-state index contributed by atoms with van der Waals surface area (Å²) in [6.07, 6.45) is 1.72. The number of carbonyl (C=O) groups excluding carboxylic acids is 2. The van der Waals surface area contributed by atoms with Crippen LogP contribution < -0.4 is 4.74 Å². The number of esters is 1. The summed E-state index contributed by atoms with van der Waals surface area (Å²) in [6.45, 7) is 7.85. The second-order valence-electron chi connectivity index (χ2n) is 8.15. The van der Waals surface area contributed by atoms with Crippen LogP contribution in [0.5, 0.6) is 5.75 Å². The van der Waals surface area contributed by atoms with Crippen LogP contribution in [-0.4, -0.2) is 29.9 Å². The van der Waals surface area contributed by atoms with Gasteiger partial charge in [0.2, 0.25) is 23.3 Å². The van der Waals surface area contributed by atoms with Crippen LogP contribution >= 0.6 is 0 Å². The molecule has 156 valence electrons.